The number of benzene rings is 3. The molecule has 4 aromatic heterocycles. The number of aromatic nitrogens is 5. The van der Waals surface area contributed by atoms with Crippen molar-refractivity contribution in [3.8, 4) is 34.4 Å². The molecule has 7 heteroatoms. The van der Waals surface area contributed by atoms with Crippen molar-refractivity contribution < 1.29 is 25.8 Å². The first-order valence-electron chi connectivity index (χ1n) is 13.1. The molecule has 0 fully saturated rings. The molecule has 41 heavy (non-hydrogen) atoms. The van der Waals surface area contributed by atoms with E-state index in [9.17, 15) is 0 Å². The summed E-state index contributed by atoms with van der Waals surface area (Å²) in [5.74, 6) is 1.70. The summed E-state index contributed by atoms with van der Waals surface area (Å²) in [6, 6.07) is 33.2. The van der Waals surface area contributed by atoms with E-state index >= 15 is 0 Å². The summed E-state index contributed by atoms with van der Waals surface area (Å²) in [7, 11) is 0. The van der Waals surface area contributed by atoms with Crippen molar-refractivity contribution in [3.63, 3.8) is 0 Å². The van der Waals surface area contributed by atoms with Crippen molar-refractivity contribution in [2.45, 2.75) is 20.8 Å². The minimum atomic E-state index is 0. The van der Waals surface area contributed by atoms with Crippen LogP contribution in [0.4, 0.5) is 0 Å². The van der Waals surface area contributed by atoms with Crippen LogP contribution in [0.2, 0.25) is 0 Å². The van der Waals surface area contributed by atoms with Gasteiger partial charge in [0, 0.05) is 29.9 Å². The number of hydrogen-bond acceptors (Lipinski definition) is 4. The van der Waals surface area contributed by atoms with Crippen LogP contribution in [0.3, 0.4) is 0 Å². The van der Waals surface area contributed by atoms with Crippen molar-refractivity contribution in [1.82, 2.24) is 24.3 Å². The molecule has 202 valence electrons. The molecular formula is C34H25N5OPt. The summed E-state index contributed by atoms with van der Waals surface area (Å²) in [6.07, 6.45) is 5.43. The van der Waals surface area contributed by atoms with Crippen LogP contribution in [0.1, 0.15) is 16.7 Å². The zero-order chi connectivity index (χ0) is 27.2. The average Bonchev–Trinajstić information content (AvgIpc) is 3.60. The second-order valence-corrected chi connectivity index (χ2v) is 9.91. The van der Waals surface area contributed by atoms with E-state index in [1.54, 1.807) is 17.1 Å². The van der Waals surface area contributed by atoms with E-state index in [1.165, 1.54) is 5.56 Å². The van der Waals surface area contributed by atoms with Gasteiger partial charge < -0.3 is 9.30 Å². The number of pyridine rings is 2. The fourth-order valence-electron chi connectivity index (χ4n) is 5.50. The molecule has 0 aliphatic rings. The van der Waals surface area contributed by atoms with E-state index in [4.69, 9.17) is 9.72 Å². The number of aryl methyl sites for hydroxylation is 3. The zero-order valence-corrected chi connectivity index (χ0v) is 25.0. The van der Waals surface area contributed by atoms with Crippen molar-refractivity contribution in [1.29, 1.82) is 0 Å². The Kier molecular flexibility index (Phi) is 7.02. The van der Waals surface area contributed by atoms with E-state index in [-0.39, 0.29) is 21.1 Å². The van der Waals surface area contributed by atoms with Crippen LogP contribution in [-0.2, 0) is 21.1 Å². The molecule has 0 radical (unpaired) electrons. The summed E-state index contributed by atoms with van der Waals surface area (Å²) in [4.78, 5) is 9.52. The molecule has 0 saturated heterocycles. The standard InChI is InChI=1S/C34H25N5O.Pt/c1-22-17-23(2)34(24(3)18-22)29-19-25(38-16-8-15-36-38)20-33(37-29)40-26-12-13-28-27-9-4-5-10-30(27)39(31(28)21-26)32-11-6-7-14-35-32;/h4-19H,1-3H3;/q-2;+2. The van der Waals surface area contributed by atoms with Crippen LogP contribution in [0, 0.1) is 32.9 Å². The molecule has 0 amide bonds. The molecule has 0 saturated carbocycles. The fraction of sp³-hybridized carbons (Fsp3) is 0.0882. The normalized spacial score (nSPS) is 11.1. The van der Waals surface area contributed by atoms with Crippen molar-refractivity contribution in [2.75, 3.05) is 0 Å². The average molecular weight is 715 g/mol. The molecule has 0 spiro atoms. The Bertz CT molecular complexity index is 1990. The Hall–Kier alpha value is -4.54. The first-order chi connectivity index (χ1) is 19.5. The summed E-state index contributed by atoms with van der Waals surface area (Å²) < 4.78 is 10.3. The number of fused-ring (bicyclic) bond motifs is 3. The van der Waals surface area contributed by atoms with E-state index in [2.05, 4.69) is 77.9 Å². The van der Waals surface area contributed by atoms with Gasteiger partial charge in [0.05, 0.1) is 0 Å². The van der Waals surface area contributed by atoms with Crippen LogP contribution < -0.4 is 4.74 Å². The van der Waals surface area contributed by atoms with Crippen molar-refractivity contribution >= 4 is 21.8 Å². The second-order valence-electron chi connectivity index (χ2n) is 9.91. The minimum Gasteiger partial charge on any atom is -0.484 e. The van der Waals surface area contributed by atoms with Crippen molar-refractivity contribution in [2.24, 2.45) is 0 Å². The zero-order valence-electron chi connectivity index (χ0n) is 22.7. The Labute approximate surface area is 252 Å². The Morgan fingerprint density at radius 3 is 2.34 bits per heavy atom. The molecule has 6 nitrogen and oxygen atoms in total. The summed E-state index contributed by atoms with van der Waals surface area (Å²) in [6.45, 7) is 6.33. The monoisotopic (exact) mass is 714 g/mol. The molecule has 0 atom stereocenters. The summed E-state index contributed by atoms with van der Waals surface area (Å²) >= 11 is 0. The van der Waals surface area contributed by atoms with Crippen LogP contribution in [-0.4, -0.2) is 24.3 Å². The van der Waals surface area contributed by atoms with E-state index in [0.717, 1.165) is 55.7 Å². The molecule has 4 heterocycles. The van der Waals surface area contributed by atoms with Crippen LogP contribution in [0.15, 0.2) is 97.5 Å². The van der Waals surface area contributed by atoms with Gasteiger partial charge in [0.25, 0.3) is 0 Å². The molecule has 7 rings (SSSR count). The minimum absolute atomic E-state index is 0. The third kappa shape index (κ3) is 4.85. The Morgan fingerprint density at radius 1 is 0.780 bits per heavy atom. The number of hydrogen-bond donors (Lipinski definition) is 0. The molecule has 3 aromatic carbocycles. The number of para-hydroxylation sites is 1. The van der Waals surface area contributed by atoms with Crippen LogP contribution in [0.5, 0.6) is 11.6 Å². The van der Waals surface area contributed by atoms with Gasteiger partial charge in [0.15, 0.2) is 0 Å². The SMILES string of the molecule is Cc1cc(C)c(-c2cc(-n3cccn3)[c-]c(Oc3[c-]c4c(cc3)c3ccccc3n4-c3ccccn3)n2)c(C)c1.[Pt+2]. The smallest absolute Gasteiger partial charge is 0.484 e. The van der Waals surface area contributed by atoms with E-state index < -0.39 is 0 Å². The largest absolute Gasteiger partial charge is 2.00 e. The van der Waals surface area contributed by atoms with Gasteiger partial charge in [-0.2, -0.15) is 23.3 Å². The van der Waals surface area contributed by atoms with Gasteiger partial charge in [-0.15, -0.1) is 17.5 Å². The van der Waals surface area contributed by atoms with Gasteiger partial charge in [0.1, 0.15) is 11.7 Å². The molecule has 0 aliphatic carbocycles. The summed E-state index contributed by atoms with van der Waals surface area (Å²) in [5, 5.41) is 6.62. The maximum Gasteiger partial charge on any atom is 2.00 e. The maximum absolute atomic E-state index is 6.38. The third-order valence-corrected chi connectivity index (χ3v) is 7.06. The first kappa shape index (κ1) is 26.7. The maximum atomic E-state index is 6.38. The van der Waals surface area contributed by atoms with E-state index in [1.807, 2.05) is 54.7 Å². The van der Waals surface area contributed by atoms with E-state index in [0.29, 0.717) is 11.6 Å². The number of ether oxygens (including phenoxy) is 1. The van der Waals surface area contributed by atoms with Crippen LogP contribution >= 0.6 is 0 Å². The van der Waals surface area contributed by atoms with Crippen LogP contribution in [0.25, 0.3) is 44.6 Å². The van der Waals surface area contributed by atoms with Gasteiger partial charge in [-0.3, -0.25) is 9.67 Å². The van der Waals surface area contributed by atoms with Gasteiger partial charge in [-0.1, -0.05) is 53.2 Å². The predicted octanol–water partition coefficient (Wildman–Crippen LogP) is 7.74. The number of rotatable bonds is 5. The van der Waals surface area contributed by atoms with Gasteiger partial charge in [0.2, 0.25) is 0 Å². The molecule has 0 aliphatic heterocycles. The Morgan fingerprint density at radius 2 is 1.59 bits per heavy atom. The number of nitrogens with zero attached hydrogens (tertiary/aromatic N) is 5. The van der Waals surface area contributed by atoms with Gasteiger partial charge in [-0.05, 0) is 72.8 Å². The second kappa shape index (κ2) is 10.8. The molecule has 0 N–H and O–H groups in total. The topological polar surface area (TPSA) is 57.8 Å². The Balaban J connectivity index is 0.00000302. The fourth-order valence-corrected chi connectivity index (χ4v) is 5.50. The van der Waals surface area contributed by atoms with Gasteiger partial charge >= 0.3 is 21.1 Å². The molecule has 0 unspecified atom stereocenters. The quantitative estimate of drug-likeness (QED) is 0.171. The van der Waals surface area contributed by atoms with Crippen molar-refractivity contribution in [3.05, 3.63) is 126 Å². The predicted molar refractivity (Wildman–Crippen MR) is 157 cm³/mol. The summed E-state index contributed by atoms with van der Waals surface area (Å²) in [5.41, 5.74) is 8.09. The third-order valence-electron chi connectivity index (χ3n) is 7.06. The molecular weight excluding hydrogens is 689 g/mol. The van der Waals surface area contributed by atoms with Gasteiger partial charge in [-0.25, -0.2) is 4.98 Å². The molecule has 7 aromatic rings. The molecule has 0 bridgehead atoms. The first-order valence-corrected chi connectivity index (χ1v) is 13.1.